The fourth-order valence-corrected chi connectivity index (χ4v) is 0.558. The maximum absolute atomic E-state index is 8.35. The molecule has 2 heteroatoms. The SMILES string of the molecule is Cc1[c]c(C#N)ccn1. The molecule has 43 valence electrons. The van der Waals surface area contributed by atoms with Gasteiger partial charge in [-0.15, -0.1) is 0 Å². The van der Waals surface area contributed by atoms with Crippen LogP contribution in [0, 0.1) is 24.3 Å². The van der Waals surface area contributed by atoms with Crippen molar-refractivity contribution >= 4 is 0 Å². The molecule has 0 unspecified atom stereocenters. The van der Waals surface area contributed by atoms with E-state index in [1.165, 1.54) is 0 Å². The standard InChI is InChI=1S/C7H5N2/c1-6-4-7(5-8)2-3-9-6/h2-3H,1H3. The highest BCUT2D eigenvalue weighted by atomic mass is 14.6. The molecule has 9 heavy (non-hydrogen) atoms. The summed E-state index contributed by atoms with van der Waals surface area (Å²) in [6.07, 6.45) is 1.60. The van der Waals surface area contributed by atoms with Crippen LogP contribution in [0.15, 0.2) is 12.3 Å². The van der Waals surface area contributed by atoms with E-state index in [1.54, 1.807) is 19.2 Å². The molecule has 0 bridgehead atoms. The van der Waals surface area contributed by atoms with Crippen LogP contribution in [0.5, 0.6) is 0 Å². The first-order chi connectivity index (χ1) is 4.33. The van der Waals surface area contributed by atoms with E-state index in [0.717, 1.165) is 5.69 Å². The first kappa shape index (κ1) is 5.77. The summed E-state index contributed by atoms with van der Waals surface area (Å²) < 4.78 is 0. The zero-order valence-electron chi connectivity index (χ0n) is 5.05. The second-order valence-electron chi connectivity index (χ2n) is 1.68. The summed E-state index contributed by atoms with van der Waals surface area (Å²) in [7, 11) is 0. The van der Waals surface area contributed by atoms with Gasteiger partial charge in [-0.3, -0.25) is 4.98 Å². The molecule has 0 saturated heterocycles. The summed E-state index contributed by atoms with van der Waals surface area (Å²) in [5.41, 5.74) is 1.30. The normalized spacial score (nSPS) is 8.44. The van der Waals surface area contributed by atoms with Gasteiger partial charge in [-0.2, -0.15) is 5.26 Å². The van der Waals surface area contributed by atoms with E-state index < -0.39 is 0 Å². The summed E-state index contributed by atoms with van der Waals surface area (Å²) in [5.74, 6) is 0. The number of pyridine rings is 1. The molecule has 0 fully saturated rings. The van der Waals surface area contributed by atoms with Crippen LogP contribution in [0.3, 0.4) is 0 Å². The Labute approximate surface area is 53.8 Å². The van der Waals surface area contributed by atoms with Crippen LogP contribution in [0.4, 0.5) is 0 Å². The molecule has 1 rings (SSSR count). The fourth-order valence-electron chi connectivity index (χ4n) is 0.558. The molecule has 2 nitrogen and oxygen atoms in total. The number of aromatic nitrogens is 1. The Hall–Kier alpha value is -1.36. The van der Waals surface area contributed by atoms with Gasteiger partial charge in [0.1, 0.15) is 0 Å². The van der Waals surface area contributed by atoms with Gasteiger partial charge in [0.05, 0.1) is 11.6 Å². The molecule has 1 aromatic heterocycles. The summed E-state index contributed by atoms with van der Waals surface area (Å²) in [6, 6.07) is 6.39. The molecule has 1 radical (unpaired) electrons. The predicted molar refractivity (Wildman–Crippen MR) is 32.5 cm³/mol. The maximum atomic E-state index is 8.35. The summed E-state index contributed by atoms with van der Waals surface area (Å²) in [4.78, 5) is 3.88. The number of rotatable bonds is 0. The fraction of sp³-hybridized carbons (Fsp3) is 0.143. The van der Waals surface area contributed by atoms with Crippen molar-refractivity contribution in [2.45, 2.75) is 6.92 Å². The molecular weight excluding hydrogens is 112 g/mol. The molecule has 0 spiro atoms. The Morgan fingerprint density at radius 1 is 1.78 bits per heavy atom. The Morgan fingerprint density at radius 3 is 3.00 bits per heavy atom. The van der Waals surface area contributed by atoms with Crippen LogP contribution in [0.2, 0.25) is 0 Å². The van der Waals surface area contributed by atoms with Gasteiger partial charge in [0.25, 0.3) is 0 Å². The van der Waals surface area contributed by atoms with Crippen LogP contribution in [0.1, 0.15) is 11.3 Å². The van der Waals surface area contributed by atoms with E-state index in [1.807, 2.05) is 6.07 Å². The molecule has 0 atom stereocenters. The molecule has 1 aromatic rings. The third-order valence-corrected chi connectivity index (χ3v) is 0.945. The lowest BCUT2D eigenvalue weighted by molar-refractivity contribution is 1.18. The van der Waals surface area contributed by atoms with Crippen molar-refractivity contribution in [1.82, 2.24) is 4.98 Å². The summed E-state index contributed by atoms with van der Waals surface area (Å²) in [5, 5.41) is 8.35. The molecule has 0 aliphatic rings. The minimum absolute atomic E-state index is 0.544. The van der Waals surface area contributed by atoms with E-state index >= 15 is 0 Å². The van der Waals surface area contributed by atoms with Crippen LogP contribution in [-0.2, 0) is 0 Å². The van der Waals surface area contributed by atoms with Crippen molar-refractivity contribution in [2.24, 2.45) is 0 Å². The van der Waals surface area contributed by atoms with Gasteiger partial charge in [-0.05, 0) is 13.0 Å². The molecule has 1 heterocycles. The van der Waals surface area contributed by atoms with Crippen molar-refractivity contribution in [2.75, 3.05) is 0 Å². The van der Waals surface area contributed by atoms with Crippen LogP contribution in [-0.4, -0.2) is 4.98 Å². The van der Waals surface area contributed by atoms with Crippen LogP contribution >= 0.6 is 0 Å². The Balaban J connectivity index is 3.12. The molecular formula is C7H5N2. The number of hydrogen-bond acceptors (Lipinski definition) is 2. The number of aryl methyl sites for hydroxylation is 1. The quantitative estimate of drug-likeness (QED) is 0.509. The van der Waals surface area contributed by atoms with E-state index in [0.29, 0.717) is 5.56 Å². The maximum Gasteiger partial charge on any atom is 0.0999 e. The predicted octanol–water partition coefficient (Wildman–Crippen LogP) is 1.06. The van der Waals surface area contributed by atoms with Crippen molar-refractivity contribution in [3.05, 3.63) is 29.6 Å². The van der Waals surface area contributed by atoms with Gasteiger partial charge in [0.2, 0.25) is 0 Å². The molecule has 0 aliphatic carbocycles. The van der Waals surface area contributed by atoms with Crippen LogP contribution < -0.4 is 0 Å². The Bertz CT molecular complexity index is 247. The lowest BCUT2D eigenvalue weighted by Gasteiger charge is -1.86. The molecule has 0 saturated carbocycles. The average Bonchev–Trinajstić information content (AvgIpc) is 1.88. The highest BCUT2D eigenvalue weighted by Crippen LogP contribution is 1.95. The Kier molecular flexibility index (Phi) is 1.46. The average molecular weight is 117 g/mol. The van der Waals surface area contributed by atoms with E-state index in [9.17, 15) is 0 Å². The minimum atomic E-state index is 0.544. The molecule has 0 aromatic carbocycles. The van der Waals surface area contributed by atoms with E-state index in [2.05, 4.69) is 11.1 Å². The second-order valence-corrected chi connectivity index (χ2v) is 1.68. The van der Waals surface area contributed by atoms with Crippen molar-refractivity contribution in [3.63, 3.8) is 0 Å². The zero-order chi connectivity index (χ0) is 6.69. The van der Waals surface area contributed by atoms with Crippen molar-refractivity contribution in [1.29, 1.82) is 5.26 Å². The van der Waals surface area contributed by atoms with Crippen LogP contribution in [0.25, 0.3) is 0 Å². The van der Waals surface area contributed by atoms with E-state index in [-0.39, 0.29) is 0 Å². The minimum Gasteiger partial charge on any atom is -0.261 e. The lowest BCUT2D eigenvalue weighted by atomic mass is 10.2. The van der Waals surface area contributed by atoms with Gasteiger partial charge in [-0.25, -0.2) is 0 Å². The van der Waals surface area contributed by atoms with Crippen molar-refractivity contribution < 1.29 is 0 Å². The first-order valence-corrected chi connectivity index (χ1v) is 2.58. The number of hydrogen-bond donors (Lipinski definition) is 0. The smallest absolute Gasteiger partial charge is 0.0999 e. The highest BCUT2D eigenvalue weighted by Gasteiger charge is 1.88. The van der Waals surface area contributed by atoms with Gasteiger partial charge in [0.15, 0.2) is 0 Å². The van der Waals surface area contributed by atoms with Gasteiger partial charge >= 0.3 is 0 Å². The molecule has 0 aliphatic heterocycles. The summed E-state index contributed by atoms with van der Waals surface area (Å²) >= 11 is 0. The van der Waals surface area contributed by atoms with E-state index in [4.69, 9.17) is 5.26 Å². The molecule has 0 amide bonds. The van der Waals surface area contributed by atoms with Gasteiger partial charge in [0, 0.05) is 18.0 Å². The highest BCUT2D eigenvalue weighted by molar-refractivity contribution is 5.26. The third-order valence-electron chi connectivity index (χ3n) is 0.945. The number of nitriles is 1. The van der Waals surface area contributed by atoms with Crippen molar-refractivity contribution in [3.8, 4) is 6.07 Å². The Morgan fingerprint density at radius 2 is 2.56 bits per heavy atom. The largest absolute Gasteiger partial charge is 0.261 e. The molecule has 0 N–H and O–H groups in total. The monoisotopic (exact) mass is 117 g/mol. The lowest BCUT2D eigenvalue weighted by Crippen LogP contribution is -1.80. The van der Waals surface area contributed by atoms with Gasteiger partial charge in [-0.1, -0.05) is 0 Å². The second kappa shape index (κ2) is 2.27. The topological polar surface area (TPSA) is 36.7 Å². The number of nitrogens with zero attached hydrogens (tertiary/aromatic N) is 2. The zero-order valence-corrected chi connectivity index (χ0v) is 5.05. The summed E-state index contributed by atoms with van der Waals surface area (Å²) in [6.45, 7) is 1.81. The third kappa shape index (κ3) is 1.26. The van der Waals surface area contributed by atoms with Gasteiger partial charge < -0.3 is 0 Å². The first-order valence-electron chi connectivity index (χ1n) is 2.58.